The topological polar surface area (TPSA) is 68.5 Å². The summed E-state index contributed by atoms with van der Waals surface area (Å²) in [4.78, 5) is 17.6. The quantitative estimate of drug-likeness (QED) is 0.766. The lowest BCUT2D eigenvalue weighted by molar-refractivity contribution is -0.118. The zero-order chi connectivity index (χ0) is 12.3. The highest BCUT2D eigenvalue weighted by molar-refractivity contribution is 5.79. The molecule has 0 bridgehead atoms. The minimum absolute atomic E-state index is 0.0990. The van der Waals surface area contributed by atoms with E-state index in [1.54, 1.807) is 0 Å². The summed E-state index contributed by atoms with van der Waals surface area (Å²) in [5.41, 5.74) is 0. The van der Waals surface area contributed by atoms with Crippen LogP contribution in [0.2, 0.25) is 0 Å². The number of hydrogen-bond donors (Lipinski definition) is 0. The highest BCUT2D eigenvalue weighted by atomic mass is 16.5. The molecule has 1 aliphatic rings. The van der Waals surface area contributed by atoms with Gasteiger partial charge in [-0.15, -0.1) is 0 Å². The van der Waals surface area contributed by atoms with Crippen LogP contribution in [0.1, 0.15) is 31.2 Å². The van der Waals surface area contributed by atoms with Gasteiger partial charge in [0.2, 0.25) is 11.7 Å². The van der Waals surface area contributed by atoms with Crippen molar-refractivity contribution in [2.24, 2.45) is 0 Å². The third kappa shape index (κ3) is 3.10. The van der Waals surface area contributed by atoms with Crippen molar-refractivity contribution in [2.75, 3.05) is 26.7 Å². The Kier molecular flexibility index (Phi) is 3.86. The molecule has 94 valence electrons. The van der Waals surface area contributed by atoms with Gasteiger partial charge in [0.05, 0.1) is 13.0 Å². The molecule has 2 heterocycles. The second kappa shape index (κ2) is 5.37. The lowest BCUT2D eigenvalue weighted by atomic mass is 10.2. The van der Waals surface area contributed by atoms with E-state index in [1.807, 2.05) is 14.0 Å². The number of morpholine rings is 1. The van der Waals surface area contributed by atoms with E-state index in [0.717, 1.165) is 13.1 Å². The standard InChI is InChI=1S/C11H17N3O3/c1-3-8(15)6-10-12-11(13-17-10)9-7-14(2)4-5-16-9/h9H,3-7H2,1-2H3. The summed E-state index contributed by atoms with van der Waals surface area (Å²) in [6, 6.07) is 0. The van der Waals surface area contributed by atoms with Crippen molar-refractivity contribution < 1.29 is 14.1 Å². The van der Waals surface area contributed by atoms with Gasteiger partial charge in [0.25, 0.3) is 0 Å². The highest BCUT2D eigenvalue weighted by Gasteiger charge is 2.24. The first-order valence-corrected chi connectivity index (χ1v) is 5.83. The second-order valence-corrected chi connectivity index (χ2v) is 4.24. The number of carbonyl (C=O) groups is 1. The summed E-state index contributed by atoms with van der Waals surface area (Å²) >= 11 is 0. The predicted octanol–water partition coefficient (Wildman–Crippen LogP) is 0.594. The van der Waals surface area contributed by atoms with Gasteiger partial charge in [-0.2, -0.15) is 4.98 Å². The van der Waals surface area contributed by atoms with Gasteiger partial charge in [-0.25, -0.2) is 0 Å². The number of ether oxygens (including phenoxy) is 1. The number of aromatic nitrogens is 2. The average Bonchev–Trinajstić information content (AvgIpc) is 2.77. The first kappa shape index (κ1) is 12.2. The van der Waals surface area contributed by atoms with Gasteiger partial charge in [-0.3, -0.25) is 4.79 Å². The van der Waals surface area contributed by atoms with Crippen molar-refractivity contribution in [3.8, 4) is 0 Å². The molecule has 1 saturated heterocycles. The molecule has 1 aromatic rings. The number of nitrogens with zero attached hydrogens (tertiary/aromatic N) is 3. The summed E-state index contributed by atoms with van der Waals surface area (Å²) < 4.78 is 10.6. The van der Waals surface area contributed by atoms with Gasteiger partial charge in [0.1, 0.15) is 11.9 Å². The molecule has 0 spiro atoms. The third-order valence-electron chi connectivity index (χ3n) is 2.78. The lowest BCUT2D eigenvalue weighted by Crippen LogP contribution is -2.35. The third-order valence-corrected chi connectivity index (χ3v) is 2.78. The van der Waals surface area contributed by atoms with E-state index in [4.69, 9.17) is 9.26 Å². The minimum atomic E-state index is -0.150. The summed E-state index contributed by atoms with van der Waals surface area (Å²) in [6.07, 6.45) is 0.551. The predicted molar refractivity (Wildman–Crippen MR) is 59.5 cm³/mol. The van der Waals surface area contributed by atoms with Crippen LogP contribution in [0.4, 0.5) is 0 Å². The van der Waals surface area contributed by atoms with Crippen LogP contribution in [0.25, 0.3) is 0 Å². The zero-order valence-electron chi connectivity index (χ0n) is 10.2. The molecule has 17 heavy (non-hydrogen) atoms. The van der Waals surface area contributed by atoms with Gasteiger partial charge in [0.15, 0.2) is 0 Å². The molecule has 1 aliphatic heterocycles. The number of carbonyl (C=O) groups excluding carboxylic acids is 1. The van der Waals surface area contributed by atoms with E-state index >= 15 is 0 Å². The van der Waals surface area contributed by atoms with Crippen LogP contribution in [0.5, 0.6) is 0 Å². The zero-order valence-corrected chi connectivity index (χ0v) is 10.2. The van der Waals surface area contributed by atoms with Crippen LogP contribution < -0.4 is 0 Å². The number of likely N-dealkylation sites (N-methyl/N-ethyl adjacent to an activating group) is 1. The minimum Gasteiger partial charge on any atom is -0.367 e. The van der Waals surface area contributed by atoms with Gasteiger partial charge in [-0.05, 0) is 7.05 Å². The van der Waals surface area contributed by atoms with Crippen molar-refractivity contribution in [3.05, 3.63) is 11.7 Å². The maximum atomic E-state index is 11.3. The fraction of sp³-hybridized carbons (Fsp3) is 0.727. The van der Waals surface area contributed by atoms with Gasteiger partial charge >= 0.3 is 0 Å². The number of ketones is 1. The van der Waals surface area contributed by atoms with Crippen LogP contribution in [-0.2, 0) is 16.0 Å². The van der Waals surface area contributed by atoms with E-state index in [1.165, 1.54) is 0 Å². The summed E-state index contributed by atoms with van der Waals surface area (Å²) in [5.74, 6) is 1.01. The molecule has 1 unspecified atom stereocenters. The number of hydrogen-bond acceptors (Lipinski definition) is 6. The van der Waals surface area contributed by atoms with Crippen LogP contribution >= 0.6 is 0 Å². The number of Topliss-reactive ketones (excluding diaryl/α,β-unsaturated/α-hetero) is 1. The monoisotopic (exact) mass is 239 g/mol. The van der Waals surface area contributed by atoms with E-state index in [2.05, 4.69) is 15.0 Å². The Bertz CT molecular complexity index is 391. The fourth-order valence-electron chi connectivity index (χ4n) is 1.70. The smallest absolute Gasteiger partial charge is 0.234 e. The second-order valence-electron chi connectivity index (χ2n) is 4.24. The van der Waals surface area contributed by atoms with Crippen LogP contribution in [0, 0.1) is 0 Å². The van der Waals surface area contributed by atoms with Crippen molar-refractivity contribution >= 4 is 5.78 Å². The first-order chi connectivity index (χ1) is 8.19. The fourth-order valence-corrected chi connectivity index (χ4v) is 1.70. The largest absolute Gasteiger partial charge is 0.367 e. The van der Waals surface area contributed by atoms with E-state index in [-0.39, 0.29) is 18.3 Å². The van der Waals surface area contributed by atoms with Crippen molar-refractivity contribution in [1.29, 1.82) is 0 Å². The van der Waals surface area contributed by atoms with Crippen molar-refractivity contribution in [3.63, 3.8) is 0 Å². The Morgan fingerprint density at radius 3 is 3.12 bits per heavy atom. The van der Waals surface area contributed by atoms with E-state index in [0.29, 0.717) is 24.7 Å². The van der Waals surface area contributed by atoms with Gasteiger partial charge < -0.3 is 14.2 Å². The Balaban J connectivity index is 1.99. The summed E-state index contributed by atoms with van der Waals surface area (Å²) in [6.45, 7) is 4.15. The molecule has 1 aromatic heterocycles. The number of rotatable bonds is 4. The Morgan fingerprint density at radius 2 is 2.41 bits per heavy atom. The van der Waals surface area contributed by atoms with Crippen molar-refractivity contribution in [2.45, 2.75) is 25.9 Å². The molecule has 1 atom stereocenters. The molecule has 0 aliphatic carbocycles. The molecule has 0 aromatic carbocycles. The molecule has 0 radical (unpaired) electrons. The van der Waals surface area contributed by atoms with Gasteiger partial charge in [0, 0.05) is 19.5 Å². The highest BCUT2D eigenvalue weighted by Crippen LogP contribution is 2.18. The van der Waals surface area contributed by atoms with E-state index in [9.17, 15) is 4.79 Å². The Labute approximate surface area is 99.9 Å². The molecule has 6 heteroatoms. The maximum absolute atomic E-state index is 11.3. The molecule has 2 rings (SSSR count). The molecule has 1 fully saturated rings. The van der Waals surface area contributed by atoms with Crippen LogP contribution in [0.3, 0.4) is 0 Å². The molecule has 0 amide bonds. The molecule has 6 nitrogen and oxygen atoms in total. The summed E-state index contributed by atoms with van der Waals surface area (Å²) in [7, 11) is 2.02. The van der Waals surface area contributed by atoms with Gasteiger partial charge in [-0.1, -0.05) is 12.1 Å². The van der Waals surface area contributed by atoms with Crippen molar-refractivity contribution in [1.82, 2.24) is 15.0 Å². The normalized spacial score (nSPS) is 21.6. The molecular formula is C11H17N3O3. The maximum Gasteiger partial charge on any atom is 0.234 e. The van der Waals surface area contributed by atoms with Crippen LogP contribution in [-0.4, -0.2) is 47.6 Å². The average molecular weight is 239 g/mol. The molecular weight excluding hydrogens is 222 g/mol. The molecule has 0 N–H and O–H groups in total. The lowest BCUT2D eigenvalue weighted by Gasteiger charge is -2.27. The SMILES string of the molecule is CCC(=O)Cc1nc(C2CN(C)CCO2)no1. The van der Waals surface area contributed by atoms with Crippen LogP contribution in [0.15, 0.2) is 4.52 Å². The Morgan fingerprint density at radius 1 is 1.59 bits per heavy atom. The summed E-state index contributed by atoms with van der Waals surface area (Å²) in [5, 5.41) is 3.87. The molecule has 0 saturated carbocycles. The van der Waals surface area contributed by atoms with E-state index < -0.39 is 0 Å². The first-order valence-electron chi connectivity index (χ1n) is 5.83. The Hall–Kier alpha value is -1.27.